The number of furan rings is 1. The third-order valence-corrected chi connectivity index (χ3v) is 7.28. The van der Waals surface area contributed by atoms with Crippen molar-refractivity contribution in [3.63, 3.8) is 0 Å². The molecule has 11 heteroatoms. The minimum absolute atomic E-state index is 0.111. The second kappa shape index (κ2) is 12.7. The van der Waals surface area contributed by atoms with Gasteiger partial charge in [0, 0.05) is 32.2 Å². The van der Waals surface area contributed by atoms with E-state index in [0.717, 1.165) is 12.0 Å². The molecule has 1 aromatic heterocycles. The first-order chi connectivity index (χ1) is 18.0. The van der Waals surface area contributed by atoms with E-state index in [9.17, 15) is 14.4 Å². The molecule has 0 saturated carbocycles. The summed E-state index contributed by atoms with van der Waals surface area (Å²) < 4.78 is 10.3. The van der Waals surface area contributed by atoms with E-state index < -0.39 is 11.3 Å². The van der Waals surface area contributed by atoms with Gasteiger partial charge in [-0.3, -0.25) is 19.4 Å². The number of aliphatic imine (C=N–C) groups is 2. The van der Waals surface area contributed by atoms with E-state index >= 15 is 0 Å². The molecule has 2 aliphatic rings. The van der Waals surface area contributed by atoms with Gasteiger partial charge in [-0.15, -0.1) is 0 Å². The molecule has 0 radical (unpaired) electrons. The quantitative estimate of drug-likeness (QED) is 0.411. The summed E-state index contributed by atoms with van der Waals surface area (Å²) in [4.78, 5) is 49.5. The third kappa shape index (κ3) is 6.47. The van der Waals surface area contributed by atoms with Crippen molar-refractivity contribution in [3.05, 3.63) is 54.0 Å². The summed E-state index contributed by atoms with van der Waals surface area (Å²) in [6.45, 7) is 3.29. The number of rotatable bonds is 12. The summed E-state index contributed by atoms with van der Waals surface area (Å²) in [5.41, 5.74) is 1.45. The lowest BCUT2D eigenvalue weighted by Gasteiger charge is -2.27. The zero-order valence-corrected chi connectivity index (χ0v) is 21.8. The Kier molecular flexibility index (Phi) is 9.13. The van der Waals surface area contributed by atoms with Gasteiger partial charge in [0.2, 0.25) is 11.8 Å². The number of nitrogens with one attached hydrogen (secondary N) is 2. The summed E-state index contributed by atoms with van der Waals surface area (Å²) in [5.74, 6) is 0.624. The molecule has 4 rings (SSSR count). The van der Waals surface area contributed by atoms with Gasteiger partial charge in [0.1, 0.15) is 17.6 Å². The average molecular weight is 526 g/mol. The predicted molar refractivity (Wildman–Crippen MR) is 142 cm³/mol. The molecule has 0 fully saturated rings. The van der Waals surface area contributed by atoms with Crippen LogP contribution in [-0.2, 0) is 25.7 Å². The summed E-state index contributed by atoms with van der Waals surface area (Å²) in [5, 5.41) is 5.73. The highest BCUT2D eigenvalue weighted by Gasteiger charge is 2.42. The van der Waals surface area contributed by atoms with Crippen molar-refractivity contribution < 1.29 is 23.5 Å². The number of thioether (sulfide) groups is 1. The minimum atomic E-state index is -0.704. The van der Waals surface area contributed by atoms with Gasteiger partial charge in [-0.25, -0.2) is 9.89 Å². The minimum Gasteiger partial charge on any atom is -0.467 e. The molecule has 37 heavy (non-hydrogen) atoms. The van der Waals surface area contributed by atoms with Gasteiger partial charge in [-0.2, -0.15) is 0 Å². The lowest BCUT2D eigenvalue weighted by molar-refractivity contribution is -0.125. The number of fused-ring (bicyclic) bond motifs is 3. The van der Waals surface area contributed by atoms with Crippen LogP contribution in [0.2, 0.25) is 0 Å². The molecule has 0 saturated heterocycles. The lowest BCUT2D eigenvalue weighted by atomic mass is 10.1. The standard InChI is InChI=1S/C26H31N5O5S/c1-3-21(24(33)27-13-7-14-35-2)37-26-30-19-10-5-4-9-18(19)23-29-20(25(34)31(23)26)11-12-22(32)28-16-17-8-6-15-36-17/h4-6,8-10,15,20-21H,3,7,11-14,16H2,1-2H3,(H,27,33)(H,28,32)/t20-,21-/m1/s1. The van der Waals surface area contributed by atoms with Gasteiger partial charge in [0.25, 0.3) is 5.91 Å². The number of para-hydroxylation sites is 1. The van der Waals surface area contributed by atoms with Crippen LogP contribution in [0.5, 0.6) is 0 Å². The Bertz CT molecular complexity index is 1180. The van der Waals surface area contributed by atoms with Crippen molar-refractivity contribution in [3.8, 4) is 0 Å². The molecule has 1 aromatic carbocycles. The van der Waals surface area contributed by atoms with E-state index in [1.165, 1.54) is 16.7 Å². The van der Waals surface area contributed by atoms with E-state index in [2.05, 4.69) is 10.6 Å². The fraction of sp³-hybridized carbons (Fsp3) is 0.423. The Morgan fingerprint density at radius 2 is 2.05 bits per heavy atom. The maximum absolute atomic E-state index is 13.5. The van der Waals surface area contributed by atoms with Gasteiger partial charge < -0.3 is 19.8 Å². The van der Waals surface area contributed by atoms with E-state index in [1.54, 1.807) is 25.5 Å². The monoisotopic (exact) mass is 525 g/mol. The number of nitrogens with zero attached hydrogens (tertiary/aromatic N) is 3. The second-order valence-electron chi connectivity index (χ2n) is 8.60. The van der Waals surface area contributed by atoms with Crippen LogP contribution in [0.25, 0.3) is 0 Å². The maximum Gasteiger partial charge on any atom is 0.259 e. The van der Waals surface area contributed by atoms with Crippen molar-refractivity contribution in [1.29, 1.82) is 0 Å². The van der Waals surface area contributed by atoms with Gasteiger partial charge in [0.15, 0.2) is 5.17 Å². The fourth-order valence-electron chi connectivity index (χ4n) is 4.02. The zero-order valence-electron chi connectivity index (χ0n) is 20.9. The number of amidine groups is 2. The highest BCUT2D eigenvalue weighted by Crippen LogP contribution is 2.35. The van der Waals surface area contributed by atoms with Crippen molar-refractivity contribution in [2.24, 2.45) is 9.98 Å². The Morgan fingerprint density at radius 1 is 1.22 bits per heavy atom. The second-order valence-corrected chi connectivity index (χ2v) is 9.77. The molecule has 2 atom stereocenters. The smallest absolute Gasteiger partial charge is 0.259 e. The molecule has 3 amide bonds. The number of ether oxygens (including phenoxy) is 1. The first-order valence-corrected chi connectivity index (χ1v) is 13.2. The number of benzene rings is 1. The molecule has 2 aromatic rings. The number of methoxy groups -OCH3 is 1. The predicted octanol–water partition coefficient (Wildman–Crippen LogP) is 3.00. The highest BCUT2D eigenvalue weighted by molar-refractivity contribution is 8.15. The molecule has 0 aliphatic carbocycles. The molecule has 0 spiro atoms. The molecule has 2 N–H and O–H groups in total. The molecule has 0 unspecified atom stereocenters. The van der Waals surface area contributed by atoms with Gasteiger partial charge in [-0.1, -0.05) is 30.8 Å². The number of hydrogen-bond donors (Lipinski definition) is 2. The SMILES string of the molecule is CC[C@@H](SC1=Nc2ccccc2C2=N[C@H](CCC(=O)NCc3ccco3)C(=O)N12)C(=O)NCCCOC. The van der Waals surface area contributed by atoms with Crippen molar-refractivity contribution >= 4 is 46.2 Å². The van der Waals surface area contributed by atoms with Crippen molar-refractivity contribution in [2.75, 3.05) is 20.3 Å². The Hall–Kier alpha value is -3.44. The molecule has 196 valence electrons. The van der Waals surface area contributed by atoms with Gasteiger partial charge in [0.05, 0.1) is 23.7 Å². The van der Waals surface area contributed by atoms with Crippen LogP contribution < -0.4 is 10.6 Å². The summed E-state index contributed by atoms with van der Waals surface area (Å²) in [7, 11) is 1.62. The maximum atomic E-state index is 13.5. The molecule has 0 bridgehead atoms. The number of amides is 3. The highest BCUT2D eigenvalue weighted by atomic mass is 32.2. The van der Waals surface area contributed by atoms with Crippen molar-refractivity contribution in [2.45, 2.75) is 50.4 Å². The van der Waals surface area contributed by atoms with Crippen LogP contribution in [0, 0.1) is 0 Å². The zero-order chi connectivity index (χ0) is 26.2. The summed E-state index contributed by atoms with van der Waals surface area (Å²) >= 11 is 1.26. The summed E-state index contributed by atoms with van der Waals surface area (Å²) in [6, 6.07) is 10.3. The first-order valence-electron chi connectivity index (χ1n) is 12.3. The van der Waals surface area contributed by atoms with Crippen LogP contribution in [-0.4, -0.2) is 65.2 Å². The lowest BCUT2D eigenvalue weighted by Crippen LogP contribution is -2.43. The molecule has 2 aliphatic heterocycles. The van der Waals surface area contributed by atoms with Gasteiger partial charge >= 0.3 is 0 Å². The van der Waals surface area contributed by atoms with E-state index in [1.807, 2.05) is 31.2 Å². The molecular formula is C26H31N5O5S. The Labute approximate surface area is 219 Å². The van der Waals surface area contributed by atoms with Crippen LogP contribution in [0.4, 0.5) is 5.69 Å². The van der Waals surface area contributed by atoms with E-state index in [-0.39, 0.29) is 37.1 Å². The Balaban J connectivity index is 1.45. The molecular weight excluding hydrogens is 494 g/mol. The van der Waals surface area contributed by atoms with Gasteiger partial charge in [-0.05, 0) is 43.5 Å². The first kappa shape index (κ1) is 26.6. The Morgan fingerprint density at radius 3 is 2.81 bits per heavy atom. The van der Waals surface area contributed by atoms with E-state index in [0.29, 0.717) is 42.0 Å². The fourth-order valence-corrected chi connectivity index (χ4v) is 5.06. The van der Waals surface area contributed by atoms with Crippen molar-refractivity contribution in [1.82, 2.24) is 15.5 Å². The van der Waals surface area contributed by atoms with Crippen LogP contribution in [0.15, 0.2) is 57.1 Å². The van der Waals surface area contributed by atoms with Crippen LogP contribution in [0.3, 0.4) is 0 Å². The molecule has 3 heterocycles. The topological polar surface area (TPSA) is 126 Å². The summed E-state index contributed by atoms with van der Waals surface area (Å²) in [6.07, 6.45) is 3.24. The number of carbonyl (C=O) groups is 3. The number of carbonyl (C=O) groups excluding carboxylic acids is 3. The van der Waals surface area contributed by atoms with Crippen LogP contribution >= 0.6 is 11.8 Å². The third-order valence-electron chi connectivity index (χ3n) is 5.97. The van der Waals surface area contributed by atoms with E-state index in [4.69, 9.17) is 19.1 Å². The largest absolute Gasteiger partial charge is 0.467 e. The number of hydrogen-bond acceptors (Lipinski definition) is 8. The average Bonchev–Trinajstić information content (AvgIpc) is 3.55. The normalized spacial score (nSPS) is 17.0. The molecule has 10 nitrogen and oxygen atoms in total. The van der Waals surface area contributed by atoms with Crippen LogP contribution in [0.1, 0.15) is 43.9 Å².